The van der Waals surface area contributed by atoms with Crippen LogP contribution in [0.15, 0.2) is 48.5 Å². The van der Waals surface area contributed by atoms with E-state index in [1.165, 1.54) is 25.7 Å². The van der Waals surface area contributed by atoms with E-state index in [1.54, 1.807) is 12.1 Å². The van der Waals surface area contributed by atoms with Crippen LogP contribution in [-0.4, -0.2) is 37.0 Å². The zero-order valence-electron chi connectivity index (χ0n) is 16.5. The summed E-state index contributed by atoms with van der Waals surface area (Å²) in [5.41, 5.74) is 1.72. The summed E-state index contributed by atoms with van der Waals surface area (Å²) in [4.78, 5) is 15.1. The lowest BCUT2D eigenvalue weighted by atomic mass is 10.0. The molecule has 1 atom stereocenters. The van der Waals surface area contributed by atoms with Gasteiger partial charge < -0.3 is 10.1 Å². The van der Waals surface area contributed by atoms with Crippen LogP contribution in [0.25, 0.3) is 0 Å². The van der Waals surface area contributed by atoms with Crippen molar-refractivity contribution in [2.24, 2.45) is 0 Å². The minimum absolute atomic E-state index is 0.0741. The number of carbonyl (C=O) groups is 1. The Morgan fingerprint density at radius 1 is 1.07 bits per heavy atom. The number of hydrogen-bond acceptors (Lipinski definition) is 3. The molecule has 0 aliphatic carbocycles. The maximum absolute atomic E-state index is 12.7. The highest BCUT2D eigenvalue weighted by atomic mass is 35.5. The van der Waals surface area contributed by atoms with Crippen LogP contribution in [0.5, 0.6) is 5.75 Å². The fourth-order valence-electron chi connectivity index (χ4n) is 3.75. The molecular formula is C23H29ClN2O2. The average molecular weight is 401 g/mol. The molecule has 1 fully saturated rings. The molecule has 5 heteroatoms. The maximum atomic E-state index is 12.7. The van der Waals surface area contributed by atoms with E-state index in [2.05, 4.69) is 16.3 Å². The summed E-state index contributed by atoms with van der Waals surface area (Å²) in [6, 6.07) is 15.3. The van der Waals surface area contributed by atoms with Crippen molar-refractivity contribution in [2.75, 3.05) is 26.2 Å². The van der Waals surface area contributed by atoms with Gasteiger partial charge in [-0.3, -0.25) is 9.69 Å². The lowest BCUT2D eigenvalue weighted by Crippen LogP contribution is -2.38. The van der Waals surface area contributed by atoms with Crippen LogP contribution in [0.2, 0.25) is 5.02 Å². The maximum Gasteiger partial charge on any atom is 0.251 e. The molecule has 0 spiro atoms. The first-order valence-corrected chi connectivity index (χ1v) is 10.6. The van der Waals surface area contributed by atoms with Crippen LogP contribution in [0, 0.1) is 0 Å². The van der Waals surface area contributed by atoms with Crippen molar-refractivity contribution < 1.29 is 9.53 Å². The number of nitrogens with one attached hydrogen (secondary N) is 1. The largest absolute Gasteiger partial charge is 0.494 e. The highest BCUT2D eigenvalue weighted by Crippen LogP contribution is 2.29. The predicted molar refractivity (Wildman–Crippen MR) is 114 cm³/mol. The SMILES string of the molecule is CCOc1ccc(C(=O)NC[C@@H](c2ccccc2Cl)N2CCCCCC2)cc1. The number of rotatable bonds is 7. The van der Waals surface area contributed by atoms with Gasteiger partial charge >= 0.3 is 0 Å². The Kier molecular flexibility index (Phi) is 7.75. The molecule has 3 rings (SSSR count). The third kappa shape index (κ3) is 5.49. The fraction of sp³-hybridized carbons (Fsp3) is 0.435. The molecule has 1 N–H and O–H groups in total. The molecule has 2 aromatic carbocycles. The van der Waals surface area contributed by atoms with Gasteiger partial charge in [-0.1, -0.05) is 42.6 Å². The van der Waals surface area contributed by atoms with Gasteiger partial charge in [0.05, 0.1) is 12.6 Å². The first-order valence-electron chi connectivity index (χ1n) is 10.2. The Labute approximate surface area is 172 Å². The third-order valence-corrected chi connectivity index (χ3v) is 5.57. The van der Waals surface area contributed by atoms with Crippen molar-refractivity contribution in [3.05, 3.63) is 64.7 Å². The van der Waals surface area contributed by atoms with Crippen molar-refractivity contribution in [2.45, 2.75) is 38.6 Å². The predicted octanol–water partition coefficient (Wildman–Crippen LogP) is 5.09. The van der Waals surface area contributed by atoms with Gasteiger partial charge in [0.1, 0.15) is 5.75 Å². The van der Waals surface area contributed by atoms with Gasteiger partial charge in [0, 0.05) is 17.1 Å². The normalized spacial score (nSPS) is 16.2. The molecule has 1 saturated heterocycles. The van der Waals surface area contributed by atoms with Gasteiger partial charge in [-0.25, -0.2) is 0 Å². The molecule has 2 aromatic rings. The van der Waals surface area contributed by atoms with Crippen molar-refractivity contribution in [3.8, 4) is 5.75 Å². The molecule has 4 nitrogen and oxygen atoms in total. The molecule has 0 bridgehead atoms. The number of benzene rings is 2. The van der Waals surface area contributed by atoms with Crippen molar-refractivity contribution >= 4 is 17.5 Å². The zero-order chi connectivity index (χ0) is 19.8. The molecule has 0 aromatic heterocycles. The summed E-state index contributed by atoms with van der Waals surface area (Å²) >= 11 is 6.51. The Morgan fingerprint density at radius 3 is 2.39 bits per heavy atom. The Bertz CT molecular complexity index is 755. The van der Waals surface area contributed by atoms with Crippen LogP contribution in [0.4, 0.5) is 0 Å². The molecular weight excluding hydrogens is 372 g/mol. The first kappa shape index (κ1) is 20.7. The second-order valence-corrected chi connectivity index (χ2v) is 7.56. The number of nitrogens with zero attached hydrogens (tertiary/aromatic N) is 1. The third-order valence-electron chi connectivity index (χ3n) is 5.23. The Hall–Kier alpha value is -2.04. The van der Waals surface area contributed by atoms with E-state index in [-0.39, 0.29) is 11.9 Å². The lowest BCUT2D eigenvalue weighted by molar-refractivity contribution is 0.0933. The lowest BCUT2D eigenvalue weighted by Gasteiger charge is -2.31. The molecule has 1 aliphatic heterocycles. The number of carbonyl (C=O) groups excluding carboxylic acids is 1. The molecule has 1 amide bonds. The second kappa shape index (κ2) is 10.5. The summed E-state index contributed by atoms with van der Waals surface area (Å²) in [5.74, 6) is 0.701. The standard InChI is InChI=1S/C23H29ClN2O2/c1-2-28-19-13-11-18(12-14-19)23(27)25-17-22(20-9-5-6-10-21(20)24)26-15-7-3-4-8-16-26/h5-6,9-14,22H,2-4,7-8,15-17H2,1H3,(H,25,27)/t22-/m0/s1. The smallest absolute Gasteiger partial charge is 0.251 e. The van der Waals surface area contributed by atoms with Gasteiger partial charge in [0.15, 0.2) is 0 Å². The second-order valence-electron chi connectivity index (χ2n) is 7.15. The van der Waals surface area contributed by atoms with E-state index < -0.39 is 0 Å². The average Bonchev–Trinajstić information content (AvgIpc) is 2.99. The number of likely N-dealkylation sites (tertiary alicyclic amines) is 1. The summed E-state index contributed by atoms with van der Waals surface area (Å²) < 4.78 is 5.45. The number of hydrogen-bond donors (Lipinski definition) is 1. The monoisotopic (exact) mass is 400 g/mol. The Balaban J connectivity index is 1.72. The number of halogens is 1. The van der Waals surface area contributed by atoms with Gasteiger partial charge in [-0.15, -0.1) is 0 Å². The van der Waals surface area contributed by atoms with E-state index >= 15 is 0 Å². The van der Waals surface area contributed by atoms with Crippen LogP contribution in [0.1, 0.15) is 54.6 Å². The van der Waals surface area contributed by atoms with E-state index in [0.29, 0.717) is 18.7 Å². The van der Waals surface area contributed by atoms with Crippen LogP contribution in [0.3, 0.4) is 0 Å². The summed E-state index contributed by atoms with van der Waals surface area (Å²) in [6.45, 7) is 5.17. The molecule has 1 aliphatic rings. The van der Waals surface area contributed by atoms with Gasteiger partial charge in [-0.2, -0.15) is 0 Å². The van der Waals surface area contributed by atoms with Crippen molar-refractivity contribution in [1.82, 2.24) is 10.2 Å². The summed E-state index contributed by atoms with van der Waals surface area (Å²) in [7, 11) is 0. The number of ether oxygens (including phenoxy) is 1. The van der Waals surface area contributed by atoms with Crippen molar-refractivity contribution in [3.63, 3.8) is 0 Å². The summed E-state index contributed by atoms with van der Waals surface area (Å²) in [5, 5.41) is 3.87. The minimum Gasteiger partial charge on any atom is -0.494 e. The minimum atomic E-state index is -0.0741. The Morgan fingerprint density at radius 2 is 1.75 bits per heavy atom. The molecule has 0 unspecified atom stereocenters. The van der Waals surface area contributed by atoms with E-state index in [9.17, 15) is 4.79 Å². The molecule has 1 heterocycles. The van der Waals surface area contributed by atoms with Crippen molar-refractivity contribution in [1.29, 1.82) is 0 Å². The number of amides is 1. The van der Waals surface area contributed by atoms with Crippen LogP contribution >= 0.6 is 11.6 Å². The van der Waals surface area contributed by atoms with Gasteiger partial charge in [-0.05, 0) is 68.8 Å². The van der Waals surface area contributed by atoms with E-state index in [0.717, 1.165) is 29.4 Å². The fourth-order valence-corrected chi connectivity index (χ4v) is 4.01. The highest BCUT2D eigenvalue weighted by molar-refractivity contribution is 6.31. The zero-order valence-corrected chi connectivity index (χ0v) is 17.3. The first-order chi connectivity index (χ1) is 13.7. The topological polar surface area (TPSA) is 41.6 Å². The summed E-state index contributed by atoms with van der Waals surface area (Å²) in [6.07, 6.45) is 4.91. The van der Waals surface area contributed by atoms with E-state index in [4.69, 9.17) is 16.3 Å². The van der Waals surface area contributed by atoms with Crippen LogP contribution in [-0.2, 0) is 0 Å². The quantitative estimate of drug-likeness (QED) is 0.704. The van der Waals surface area contributed by atoms with Gasteiger partial charge in [0.2, 0.25) is 0 Å². The van der Waals surface area contributed by atoms with Crippen LogP contribution < -0.4 is 10.1 Å². The molecule has 28 heavy (non-hydrogen) atoms. The highest BCUT2D eigenvalue weighted by Gasteiger charge is 2.24. The van der Waals surface area contributed by atoms with Gasteiger partial charge in [0.25, 0.3) is 5.91 Å². The molecule has 150 valence electrons. The molecule has 0 saturated carbocycles. The van der Waals surface area contributed by atoms with E-state index in [1.807, 2.05) is 37.3 Å². The molecule has 0 radical (unpaired) electrons.